The Labute approximate surface area is 169 Å². The summed E-state index contributed by atoms with van der Waals surface area (Å²) >= 11 is 0. The van der Waals surface area contributed by atoms with E-state index in [1.54, 1.807) is 6.20 Å². The number of esters is 1. The first-order chi connectivity index (χ1) is 13.7. The number of aromatic nitrogens is 2. The molecule has 0 aliphatic carbocycles. The quantitative estimate of drug-likeness (QED) is 0.224. The van der Waals surface area contributed by atoms with Crippen LogP contribution in [-0.2, 0) is 11.2 Å². The summed E-state index contributed by atoms with van der Waals surface area (Å²) in [6.07, 6.45) is 15.9. The first kappa shape index (κ1) is 22.1. The lowest BCUT2D eigenvalue weighted by molar-refractivity contribution is -0.134. The van der Waals surface area contributed by atoms with Crippen molar-refractivity contribution >= 4 is 5.97 Å². The second kappa shape index (κ2) is 13.0. The summed E-state index contributed by atoms with van der Waals surface area (Å²) in [5.41, 5.74) is 2.81. The van der Waals surface area contributed by atoms with Crippen LogP contribution in [0.3, 0.4) is 0 Å². The summed E-state index contributed by atoms with van der Waals surface area (Å²) in [5, 5.41) is 0. The molecule has 28 heavy (non-hydrogen) atoms. The Morgan fingerprint density at radius 1 is 0.821 bits per heavy atom. The van der Waals surface area contributed by atoms with Gasteiger partial charge in [-0.1, -0.05) is 65.2 Å². The zero-order valence-electron chi connectivity index (χ0n) is 17.5. The second-order valence-corrected chi connectivity index (χ2v) is 7.37. The number of carbonyl (C=O) groups excluding carboxylic acids is 1. The highest BCUT2D eigenvalue weighted by molar-refractivity contribution is 5.72. The number of rotatable bonds is 13. The van der Waals surface area contributed by atoms with Crippen molar-refractivity contribution in [2.45, 2.75) is 84.5 Å². The van der Waals surface area contributed by atoms with E-state index >= 15 is 0 Å². The Morgan fingerprint density at radius 3 is 2.11 bits per heavy atom. The first-order valence-electron chi connectivity index (χ1n) is 10.8. The van der Waals surface area contributed by atoms with Crippen LogP contribution in [-0.4, -0.2) is 15.9 Å². The number of hydrogen-bond donors (Lipinski definition) is 0. The molecule has 0 N–H and O–H groups in total. The molecule has 0 unspecified atom stereocenters. The van der Waals surface area contributed by atoms with Gasteiger partial charge in [0.05, 0.1) is 17.6 Å². The lowest BCUT2D eigenvalue weighted by Crippen LogP contribution is -2.07. The fourth-order valence-electron chi connectivity index (χ4n) is 3.17. The monoisotopic (exact) mass is 382 g/mol. The molecule has 1 aromatic carbocycles. The van der Waals surface area contributed by atoms with Crippen LogP contribution in [0, 0.1) is 0 Å². The Kier molecular flexibility index (Phi) is 10.3. The van der Waals surface area contributed by atoms with Crippen molar-refractivity contribution in [1.29, 1.82) is 0 Å². The number of hydrogen-bond acceptors (Lipinski definition) is 4. The molecule has 2 rings (SSSR count). The van der Waals surface area contributed by atoms with Crippen LogP contribution in [0.4, 0.5) is 0 Å². The lowest BCUT2D eigenvalue weighted by Gasteiger charge is -2.06. The standard InChI is InChI=1S/C24H34N2O2/c1-3-5-6-7-8-9-10-11-13-24(27)28-22-16-14-20(15-17-22)23-19-25-21(12-4-2)18-26-23/h14-19H,3-13H2,1-2H3. The Hall–Kier alpha value is -2.23. The van der Waals surface area contributed by atoms with Gasteiger partial charge >= 0.3 is 5.97 Å². The molecule has 4 heteroatoms. The van der Waals surface area contributed by atoms with Gasteiger partial charge in [0.15, 0.2) is 0 Å². The molecule has 0 aliphatic rings. The van der Waals surface area contributed by atoms with Crippen LogP contribution in [0.1, 0.15) is 83.7 Å². The van der Waals surface area contributed by atoms with E-state index in [2.05, 4.69) is 23.8 Å². The van der Waals surface area contributed by atoms with Crippen LogP contribution in [0.15, 0.2) is 36.7 Å². The summed E-state index contributed by atoms with van der Waals surface area (Å²) in [4.78, 5) is 20.9. The zero-order chi connectivity index (χ0) is 20.0. The molecule has 0 aliphatic heterocycles. The lowest BCUT2D eigenvalue weighted by atomic mass is 10.1. The fraction of sp³-hybridized carbons (Fsp3) is 0.542. The van der Waals surface area contributed by atoms with Gasteiger partial charge in [-0.2, -0.15) is 0 Å². The zero-order valence-corrected chi connectivity index (χ0v) is 17.5. The number of unbranched alkanes of at least 4 members (excludes halogenated alkanes) is 7. The maximum Gasteiger partial charge on any atom is 0.311 e. The van der Waals surface area contributed by atoms with Crippen molar-refractivity contribution in [2.75, 3.05) is 0 Å². The van der Waals surface area contributed by atoms with Gasteiger partial charge in [0.2, 0.25) is 0 Å². The topological polar surface area (TPSA) is 52.1 Å². The van der Waals surface area contributed by atoms with Crippen LogP contribution >= 0.6 is 0 Å². The van der Waals surface area contributed by atoms with Crippen LogP contribution < -0.4 is 4.74 Å². The summed E-state index contributed by atoms with van der Waals surface area (Å²) < 4.78 is 5.44. The van der Waals surface area contributed by atoms with E-state index in [-0.39, 0.29) is 5.97 Å². The summed E-state index contributed by atoms with van der Waals surface area (Å²) in [6, 6.07) is 7.48. The van der Waals surface area contributed by atoms with Gasteiger partial charge in [-0.05, 0) is 37.1 Å². The number of aryl methyl sites for hydroxylation is 1. The van der Waals surface area contributed by atoms with E-state index in [1.165, 1.54) is 38.5 Å². The van der Waals surface area contributed by atoms with E-state index in [0.717, 1.165) is 42.6 Å². The average molecular weight is 383 g/mol. The minimum Gasteiger partial charge on any atom is -0.427 e. The van der Waals surface area contributed by atoms with Crippen LogP contribution in [0.25, 0.3) is 11.3 Å². The third-order valence-electron chi connectivity index (χ3n) is 4.83. The third-order valence-corrected chi connectivity index (χ3v) is 4.83. The van der Waals surface area contributed by atoms with Gasteiger partial charge < -0.3 is 4.74 Å². The molecule has 0 saturated carbocycles. The van der Waals surface area contributed by atoms with Gasteiger partial charge in [0.25, 0.3) is 0 Å². The SMILES string of the molecule is CCCCCCCCCCC(=O)Oc1ccc(-c2cnc(CCC)cn2)cc1. The molecule has 0 bridgehead atoms. The summed E-state index contributed by atoms with van der Waals surface area (Å²) in [5.74, 6) is 0.436. The highest BCUT2D eigenvalue weighted by Crippen LogP contribution is 2.21. The molecule has 1 aromatic heterocycles. The number of nitrogens with zero attached hydrogens (tertiary/aromatic N) is 2. The summed E-state index contributed by atoms with van der Waals surface area (Å²) in [7, 11) is 0. The average Bonchev–Trinajstić information content (AvgIpc) is 2.71. The molecule has 0 radical (unpaired) electrons. The molecule has 1 heterocycles. The molecule has 0 fully saturated rings. The van der Waals surface area contributed by atoms with Crippen molar-refractivity contribution in [3.05, 3.63) is 42.4 Å². The van der Waals surface area contributed by atoms with Crippen molar-refractivity contribution in [2.24, 2.45) is 0 Å². The third kappa shape index (κ3) is 8.20. The Balaban J connectivity index is 1.69. The molecular weight excluding hydrogens is 348 g/mol. The summed E-state index contributed by atoms with van der Waals surface area (Å²) in [6.45, 7) is 4.36. The van der Waals surface area contributed by atoms with Crippen molar-refractivity contribution in [3.63, 3.8) is 0 Å². The number of carbonyl (C=O) groups is 1. The van der Waals surface area contributed by atoms with Crippen LogP contribution in [0.5, 0.6) is 5.75 Å². The maximum atomic E-state index is 12.0. The van der Waals surface area contributed by atoms with E-state index < -0.39 is 0 Å². The van der Waals surface area contributed by atoms with Crippen molar-refractivity contribution in [1.82, 2.24) is 9.97 Å². The first-order valence-corrected chi connectivity index (χ1v) is 10.8. The van der Waals surface area contributed by atoms with Gasteiger partial charge in [-0.15, -0.1) is 0 Å². The molecule has 152 valence electrons. The normalized spacial score (nSPS) is 10.8. The molecule has 0 spiro atoms. The van der Waals surface area contributed by atoms with Crippen LogP contribution in [0.2, 0.25) is 0 Å². The second-order valence-electron chi connectivity index (χ2n) is 7.37. The molecule has 4 nitrogen and oxygen atoms in total. The van der Waals surface area contributed by atoms with E-state index in [0.29, 0.717) is 12.2 Å². The predicted octanol–water partition coefficient (Wildman–Crippen LogP) is 6.53. The number of benzene rings is 1. The largest absolute Gasteiger partial charge is 0.427 e. The van der Waals surface area contributed by atoms with Gasteiger partial charge in [-0.25, -0.2) is 0 Å². The highest BCUT2D eigenvalue weighted by atomic mass is 16.5. The van der Waals surface area contributed by atoms with Crippen molar-refractivity contribution in [3.8, 4) is 17.0 Å². The Morgan fingerprint density at radius 2 is 1.50 bits per heavy atom. The van der Waals surface area contributed by atoms with Gasteiger partial charge in [0.1, 0.15) is 5.75 Å². The molecule has 0 saturated heterocycles. The molecule has 2 aromatic rings. The fourth-order valence-corrected chi connectivity index (χ4v) is 3.17. The Bertz CT molecular complexity index is 681. The highest BCUT2D eigenvalue weighted by Gasteiger charge is 2.06. The molecule has 0 atom stereocenters. The van der Waals surface area contributed by atoms with E-state index in [1.807, 2.05) is 30.5 Å². The van der Waals surface area contributed by atoms with Crippen molar-refractivity contribution < 1.29 is 9.53 Å². The smallest absolute Gasteiger partial charge is 0.311 e. The minimum atomic E-state index is -0.151. The van der Waals surface area contributed by atoms with E-state index in [9.17, 15) is 4.79 Å². The molecular formula is C24H34N2O2. The maximum absolute atomic E-state index is 12.0. The molecule has 0 amide bonds. The predicted molar refractivity (Wildman–Crippen MR) is 114 cm³/mol. The van der Waals surface area contributed by atoms with Gasteiger partial charge in [0, 0.05) is 18.2 Å². The van der Waals surface area contributed by atoms with Gasteiger partial charge in [-0.3, -0.25) is 14.8 Å². The van der Waals surface area contributed by atoms with E-state index in [4.69, 9.17) is 4.74 Å². The number of ether oxygens (including phenoxy) is 1. The minimum absolute atomic E-state index is 0.151.